The summed E-state index contributed by atoms with van der Waals surface area (Å²) in [5.74, 6) is 0. The van der Waals surface area contributed by atoms with E-state index in [0.717, 1.165) is 38.0 Å². The third-order valence-corrected chi connectivity index (χ3v) is 4.96. The number of likely N-dealkylation sites (tertiary alicyclic amines) is 1. The van der Waals surface area contributed by atoms with Crippen LogP contribution >= 0.6 is 0 Å². The normalized spacial score (nSPS) is 18.0. The van der Waals surface area contributed by atoms with Crippen LogP contribution in [0.5, 0.6) is 0 Å². The maximum absolute atomic E-state index is 10.8. The van der Waals surface area contributed by atoms with Crippen LogP contribution in [0.3, 0.4) is 0 Å². The second-order valence-electron chi connectivity index (χ2n) is 6.72. The van der Waals surface area contributed by atoms with Gasteiger partial charge in [0.1, 0.15) is 0 Å². The number of aromatic nitrogens is 3. The highest BCUT2D eigenvalue weighted by Crippen LogP contribution is 2.26. The van der Waals surface area contributed by atoms with E-state index in [4.69, 9.17) is 0 Å². The highest BCUT2D eigenvalue weighted by molar-refractivity contribution is 5.81. The number of para-hydroxylation sites is 1. The Morgan fingerprint density at radius 2 is 1.92 bits per heavy atom. The topological polar surface area (TPSA) is 54.2 Å². The molecule has 0 aliphatic carbocycles. The van der Waals surface area contributed by atoms with E-state index in [1.165, 1.54) is 10.9 Å². The number of imidazole rings is 1. The molecule has 1 fully saturated rings. The van der Waals surface area contributed by atoms with Gasteiger partial charge in [-0.3, -0.25) is 9.88 Å². The molecule has 0 radical (unpaired) electrons. The Bertz CT molecular complexity index is 802. The highest BCUT2D eigenvalue weighted by atomic mass is 16.3. The van der Waals surface area contributed by atoms with Crippen molar-refractivity contribution < 1.29 is 5.11 Å². The molecule has 0 saturated carbocycles. The minimum Gasteiger partial charge on any atom is -0.388 e. The van der Waals surface area contributed by atoms with Crippen LogP contribution in [0.1, 0.15) is 18.4 Å². The van der Waals surface area contributed by atoms with E-state index in [-0.39, 0.29) is 0 Å². The molecule has 0 atom stereocenters. The molecule has 0 spiro atoms. The van der Waals surface area contributed by atoms with Gasteiger partial charge in [0, 0.05) is 43.6 Å². The maximum Gasteiger partial charge on any atom is 0.0946 e. The van der Waals surface area contributed by atoms with Crippen LogP contribution in [0, 0.1) is 0 Å². The van der Waals surface area contributed by atoms with Gasteiger partial charge in [-0.25, -0.2) is 4.98 Å². The molecule has 1 saturated heterocycles. The smallest absolute Gasteiger partial charge is 0.0946 e. The van der Waals surface area contributed by atoms with Gasteiger partial charge in [-0.05, 0) is 30.5 Å². The number of fused-ring (bicyclic) bond motifs is 1. The molecule has 1 N–H and O–H groups in total. The zero-order valence-electron chi connectivity index (χ0n) is 13.7. The first-order valence-electron chi connectivity index (χ1n) is 8.45. The van der Waals surface area contributed by atoms with Gasteiger partial charge in [0.25, 0.3) is 0 Å². The molecule has 0 amide bonds. The molecular weight excluding hydrogens is 300 g/mol. The average molecular weight is 322 g/mol. The van der Waals surface area contributed by atoms with Gasteiger partial charge >= 0.3 is 0 Å². The largest absolute Gasteiger partial charge is 0.388 e. The van der Waals surface area contributed by atoms with Gasteiger partial charge in [0.2, 0.25) is 0 Å². The summed E-state index contributed by atoms with van der Waals surface area (Å²) in [6.45, 7) is 3.34. The molecule has 5 heteroatoms. The first-order valence-corrected chi connectivity index (χ1v) is 8.45. The molecule has 3 aromatic rings. The lowest BCUT2D eigenvalue weighted by molar-refractivity contribution is -0.0357. The Labute approximate surface area is 141 Å². The summed E-state index contributed by atoms with van der Waals surface area (Å²) in [6, 6.07) is 10.4. The SMILES string of the molecule is OC1(Cn2ccnc2)CCN(Cc2ccnc3ccccc23)CC1. The number of pyridine rings is 1. The lowest BCUT2D eigenvalue weighted by Crippen LogP contribution is -2.46. The molecular formula is C19H22N4O. The number of hydrogen-bond donors (Lipinski definition) is 1. The number of benzene rings is 1. The Balaban J connectivity index is 1.42. The summed E-state index contributed by atoms with van der Waals surface area (Å²) in [5.41, 5.74) is 1.72. The van der Waals surface area contributed by atoms with Crippen molar-refractivity contribution in [3.8, 4) is 0 Å². The van der Waals surface area contributed by atoms with Gasteiger partial charge < -0.3 is 9.67 Å². The van der Waals surface area contributed by atoms with Crippen LogP contribution in [-0.2, 0) is 13.1 Å². The molecule has 24 heavy (non-hydrogen) atoms. The predicted octanol–water partition coefficient (Wildman–Crippen LogP) is 2.46. The Morgan fingerprint density at radius 3 is 2.71 bits per heavy atom. The number of nitrogens with zero attached hydrogens (tertiary/aromatic N) is 4. The van der Waals surface area contributed by atoms with Crippen molar-refractivity contribution in [1.82, 2.24) is 19.4 Å². The molecule has 1 aliphatic heterocycles. The summed E-state index contributed by atoms with van der Waals surface area (Å²) in [5, 5.41) is 12.0. The highest BCUT2D eigenvalue weighted by Gasteiger charge is 2.32. The van der Waals surface area contributed by atoms with Crippen molar-refractivity contribution in [2.45, 2.75) is 31.5 Å². The fourth-order valence-electron chi connectivity index (χ4n) is 3.54. The molecule has 124 valence electrons. The monoisotopic (exact) mass is 322 g/mol. The molecule has 1 aliphatic rings. The van der Waals surface area contributed by atoms with E-state index in [9.17, 15) is 5.11 Å². The van der Waals surface area contributed by atoms with Gasteiger partial charge in [0.15, 0.2) is 0 Å². The number of piperidine rings is 1. The van der Waals surface area contributed by atoms with E-state index in [1.54, 1.807) is 12.5 Å². The van der Waals surface area contributed by atoms with Crippen LogP contribution in [-0.4, -0.2) is 43.2 Å². The van der Waals surface area contributed by atoms with Crippen LogP contribution in [0.4, 0.5) is 0 Å². The summed E-state index contributed by atoms with van der Waals surface area (Å²) < 4.78 is 1.96. The third-order valence-electron chi connectivity index (χ3n) is 4.96. The van der Waals surface area contributed by atoms with Crippen molar-refractivity contribution in [1.29, 1.82) is 0 Å². The van der Waals surface area contributed by atoms with Crippen LogP contribution < -0.4 is 0 Å². The second-order valence-corrected chi connectivity index (χ2v) is 6.72. The van der Waals surface area contributed by atoms with Crippen LogP contribution in [0.15, 0.2) is 55.2 Å². The Hall–Kier alpha value is -2.24. The van der Waals surface area contributed by atoms with Gasteiger partial charge in [-0.2, -0.15) is 0 Å². The summed E-state index contributed by atoms with van der Waals surface area (Å²) in [7, 11) is 0. The quantitative estimate of drug-likeness (QED) is 0.802. The molecule has 1 aromatic carbocycles. The Morgan fingerprint density at radius 1 is 1.08 bits per heavy atom. The summed E-state index contributed by atoms with van der Waals surface area (Å²) in [6.07, 6.45) is 8.90. The zero-order valence-corrected chi connectivity index (χ0v) is 13.7. The van der Waals surface area contributed by atoms with E-state index in [0.29, 0.717) is 6.54 Å². The van der Waals surface area contributed by atoms with Crippen molar-refractivity contribution in [2.24, 2.45) is 0 Å². The lowest BCUT2D eigenvalue weighted by atomic mass is 9.91. The minimum absolute atomic E-state index is 0.624. The molecule has 5 nitrogen and oxygen atoms in total. The van der Waals surface area contributed by atoms with Crippen LogP contribution in [0.25, 0.3) is 10.9 Å². The zero-order chi connectivity index (χ0) is 16.4. The maximum atomic E-state index is 10.8. The first kappa shape index (κ1) is 15.3. The Kier molecular flexibility index (Phi) is 4.04. The molecule has 3 heterocycles. The van der Waals surface area contributed by atoms with E-state index < -0.39 is 5.60 Å². The van der Waals surface area contributed by atoms with E-state index >= 15 is 0 Å². The molecule has 4 rings (SSSR count). The standard InChI is InChI=1S/C19H22N4O/c24-19(14-23-12-9-20-15-23)6-10-22(11-7-19)13-16-5-8-21-18-4-2-1-3-17(16)18/h1-5,8-9,12,15,24H,6-7,10-11,13-14H2. The van der Waals surface area contributed by atoms with E-state index in [1.807, 2.05) is 23.0 Å². The van der Waals surface area contributed by atoms with Crippen molar-refractivity contribution in [2.75, 3.05) is 13.1 Å². The number of hydrogen-bond acceptors (Lipinski definition) is 4. The number of aliphatic hydroxyl groups is 1. The summed E-state index contributed by atoms with van der Waals surface area (Å²) >= 11 is 0. The van der Waals surface area contributed by atoms with Crippen molar-refractivity contribution in [3.05, 3.63) is 60.8 Å². The van der Waals surface area contributed by atoms with E-state index in [2.05, 4.69) is 39.1 Å². The predicted molar refractivity (Wildman–Crippen MR) is 93.4 cm³/mol. The minimum atomic E-state index is -0.627. The lowest BCUT2D eigenvalue weighted by Gasteiger charge is -2.38. The van der Waals surface area contributed by atoms with Gasteiger partial charge in [-0.15, -0.1) is 0 Å². The number of rotatable bonds is 4. The second kappa shape index (κ2) is 6.34. The fourth-order valence-corrected chi connectivity index (χ4v) is 3.54. The van der Waals surface area contributed by atoms with Crippen LogP contribution in [0.2, 0.25) is 0 Å². The summed E-state index contributed by atoms with van der Waals surface area (Å²) in [4.78, 5) is 10.9. The first-order chi connectivity index (χ1) is 11.7. The molecule has 0 unspecified atom stereocenters. The van der Waals surface area contributed by atoms with Crippen molar-refractivity contribution >= 4 is 10.9 Å². The van der Waals surface area contributed by atoms with Gasteiger partial charge in [0.05, 0.1) is 24.0 Å². The van der Waals surface area contributed by atoms with Gasteiger partial charge in [-0.1, -0.05) is 18.2 Å². The molecule has 0 bridgehead atoms. The van der Waals surface area contributed by atoms with Crippen molar-refractivity contribution in [3.63, 3.8) is 0 Å². The average Bonchev–Trinajstić information content (AvgIpc) is 3.10. The fraction of sp³-hybridized carbons (Fsp3) is 0.368. The third kappa shape index (κ3) is 3.18. The molecule has 2 aromatic heterocycles.